The molecule has 0 aliphatic heterocycles. The zero-order valence-corrected chi connectivity index (χ0v) is 11.4. The standard InChI is InChI=1S/C13H17F3N2O3/c1-20-8-4-5-9(17)12(19)18-10-6-2-3-7-11(10)21-13(14,15)16/h2-3,6-7,9H,4-5,8,17H2,1H3,(H,18,19). The number of nitrogens with one attached hydrogen (secondary N) is 1. The maximum absolute atomic E-state index is 12.2. The highest BCUT2D eigenvalue weighted by Crippen LogP contribution is 2.29. The third-order valence-electron chi connectivity index (χ3n) is 2.57. The molecule has 0 radical (unpaired) electrons. The lowest BCUT2D eigenvalue weighted by molar-refractivity contribution is -0.274. The number of carbonyl (C=O) groups is 1. The Morgan fingerprint density at radius 1 is 1.38 bits per heavy atom. The van der Waals surface area contributed by atoms with Crippen molar-refractivity contribution in [3.8, 4) is 5.75 Å². The molecule has 3 N–H and O–H groups in total. The minimum Gasteiger partial charge on any atom is -0.404 e. The monoisotopic (exact) mass is 306 g/mol. The van der Waals surface area contributed by atoms with Crippen molar-refractivity contribution in [2.24, 2.45) is 5.73 Å². The van der Waals surface area contributed by atoms with Gasteiger partial charge in [-0.2, -0.15) is 0 Å². The number of benzene rings is 1. The highest BCUT2D eigenvalue weighted by atomic mass is 19.4. The molecule has 0 aliphatic rings. The van der Waals surface area contributed by atoms with Crippen LogP contribution in [0.2, 0.25) is 0 Å². The van der Waals surface area contributed by atoms with Crippen molar-refractivity contribution < 1.29 is 27.4 Å². The molecule has 0 aromatic heterocycles. The fourth-order valence-electron chi connectivity index (χ4n) is 1.59. The molecule has 1 amide bonds. The summed E-state index contributed by atoms with van der Waals surface area (Å²) in [5.41, 5.74) is 5.57. The lowest BCUT2D eigenvalue weighted by atomic mass is 10.1. The number of para-hydroxylation sites is 2. The predicted molar refractivity (Wildman–Crippen MR) is 70.8 cm³/mol. The summed E-state index contributed by atoms with van der Waals surface area (Å²) in [4.78, 5) is 11.8. The molecular weight excluding hydrogens is 289 g/mol. The Hall–Kier alpha value is -1.80. The first-order chi connectivity index (χ1) is 9.83. The first-order valence-corrected chi connectivity index (χ1v) is 6.23. The molecule has 118 valence electrons. The second kappa shape index (κ2) is 7.84. The van der Waals surface area contributed by atoms with Crippen molar-refractivity contribution >= 4 is 11.6 Å². The second-order valence-electron chi connectivity index (χ2n) is 4.27. The summed E-state index contributed by atoms with van der Waals surface area (Å²) in [5.74, 6) is -1.06. The van der Waals surface area contributed by atoms with E-state index in [0.717, 1.165) is 6.07 Å². The highest BCUT2D eigenvalue weighted by molar-refractivity contribution is 5.95. The maximum atomic E-state index is 12.2. The van der Waals surface area contributed by atoms with E-state index in [2.05, 4.69) is 10.1 Å². The van der Waals surface area contributed by atoms with Gasteiger partial charge in [-0.15, -0.1) is 13.2 Å². The van der Waals surface area contributed by atoms with E-state index < -0.39 is 24.1 Å². The number of hydrogen-bond donors (Lipinski definition) is 2. The molecule has 0 bridgehead atoms. The van der Waals surface area contributed by atoms with Gasteiger partial charge < -0.3 is 20.5 Å². The average Bonchev–Trinajstić information content (AvgIpc) is 2.39. The molecule has 1 aromatic rings. The van der Waals surface area contributed by atoms with E-state index in [-0.39, 0.29) is 5.69 Å². The lowest BCUT2D eigenvalue weighted by Gasteiger charge is -2.16. The largest absolute Gasteiger partial charge is 0.573 e. The minimum atomic E-state index is -4.83. The molecule has 0 saturated heterocycles. The number of hydrogen-bond acceptors (Lipinski definition) is 4. The molecule has 0 aliphatic carbocycles. The number of ether oxygens (including phenoxy) is 2. The third kappa shape index (κ3) is 6.46. The van der Waals surface area contributed by atoms with Crippen LogP contribution in [-0.2, 0) is 9.53 Å². The highest BCUT2D eigenvalue weighted by Gasteiger charge is 2.32. The average molecular weight is 306 g/mol. The van der Waals surface area contributed by atoms with Crippen LogP contribution in [0.3, 0.4) is 0 Å². The van der Waals surface area contributed by atoms with Gasteiger partial charge in [-0.25, -0.2) is 0 Å². The van der Waals surface area contributed by atoms with Crippen LogP contribution < -0.4 is 15.8 Å². The first kappa shape index (κ1) is 17.3. The number of anilines is 1. The summed E-state index contributed by atoms with van der Waals surface area (Å²) in [7, 11) is 1.52. The van der Waals surface area contributed by atoms with Crippen molar-refractivity contribution in [3.63, 3.8) is 0 Å². The van der Waals surface area contributed by atoms with Gasteiger partial charge in [-0.3, -0.25) is 4.79 Å². The van der Waals surface area contributed by atoms with E-state index in [9.17, 15) is 18.0 Å². The Morgan fingerprint density at radius 3 is 2.67 bits per heavy atom. The van der Waals surface area contributed by atoms with Crippen molar-refractivity contribution in [2.45, 2.75) is 25.2 Å². The number of halogens is 3. The van der Waals surface area contributed by atoms with Crippen LogP contribution in [0.5, 0.6) is 5.75 Å². The normalized spacial score (nSPS) is 12.8. The van der Waals surface area contributed by atoms with Crippen LogP contribution in [0.15, 0.2) is 24.3 Å². The summed E-state index contributed by atoms with van der Waals surface area (Å²) in [6, 6.07) is 4.43. The molecule has 1 rings (SSSR count). The van der Waals surface area contributed by atoms with Crippen molar-refractivity contribution in [1.82, 2.24) is 0 Å². The van der Waals surface area contributed by atoms with Crippen molar-refractivity contribution in [3.05, 3.63) is 24.3 Å². The smallest absolute Gasteiger partial charge is 0.404 e. The van der Waals surface area contributed by atoms with E-state index in [1.807, 2.05) is 0 Å². The minimum absolute atomic E-state index is 0.0815. The second-order valence-corrected chi connectivity index (χ2v) is 4.27. The molecule has 0 fully saturated rings. The van der Waals surface area contributed by atoms with Crippen LogP contribution in [-0.4, -0.2) is 32.0 Å². The molecule has 0 heterocycles. The van der Waals surface area contributed by atoms with Gasteiger partial charge in [-0.1, -0.05) is 12.1 Å². The Labute approximate surface area is 120 Å². The van der Waals surface area contributed by atoms with E-state index in [1.165, 1.54) is 25.3 Å². The van der Waals surface area contributed by atoms with Crippen LogP contribution in [0.25, 0.3) is 0 Å². The van der Waals surface area contributed by atoms with Crippen LogP contribution in [0, 0.1) is 0 Å². The van der Waals surface area contributed by atoms with Crippen LogP contribution in [0.1, 0.15) is 12.8 Å². The summed E-state index contributed by atoms with van der Waals surface area (Å²) in [6.45, 7) is 0.453. The molecule has 1 atom stereocenters. The van der Waals surface area contributed by atoms with E-state index in [4.69, 9.17) is 10.5 Å². The Balaban J connectivity index is 2.67. The van der Waals surface area contributed by atoms with Crippen molar-refractivity contribution in [2.75, 3.05) is 19.0 Å². The summed E-state index contributed by atoms with van der Waals surface area (Å²) >= 11 is 0. The van der Waals surface area contributed by atoms with Gasteiger partial charge >= 0.3 is 6.36 Å². The predicted octanol–water partition coefficient (Wildman–Crippen LogP) is 2.28. The number of amides is 1. The topological polar surface area (TPSA) is 73.6 Å². The van der Waals surface area contributed by atoms with E-state index >= 15 is 0 Å². The zero-order chi connectivity index (χ0) is 15.9. The van der Waals surface area contributed by atoms with Gasteiger partial charge in [0.25, 0.3) is 0 Å². The zero-order valence-electron chi connectivity index (χ0n) is 11.4. The molecule has 0 spiro atoms. The molecule has 8 heteroatoms. The van der Waals surface area contributed by atoms with E-state index in [0.29, 0.717) is 19.4 Å². The SMILES string of the molecule is COCCCC(N)C(=O)Nc1ccccc1OC(F)(F)F. The van der Waals surface area contributed by atoms with Gasteiger partial charge in [0, 0.05) is 13.7 Å². The molecule has 1 unspecified atom stereocenters. The molecule has 0 saturated carbocycles. The maximum Gasteiger partial charge on any atom is 0.573 e. The quantitative estimate of drug-likeness (QED) is 0.758. The molecule has 21 heavy (non-hydrogen) atoms. The number of rotatable bonds is 7. The number of carbonyl (C=O) groups excluding carboxylic acids is 1. The molecule has 1 aromatic carbocycles. The van der Waals surface area contributed by atoms with Crippen LogP contribution in [0.4, 0.5) is 18.9 Å². The first-order valence-electron chi connectivity index (χ1n) is 6.23. The fourth-order valence-corrected chi connectivity index (χ4v) is 1.59. The van der Waals surface area contributed by atoms with Gasteiger partial charge in [0.15, 0.2) is 5.75 Å². The Morgan fingerprint density at radius 2 is 2.05 bits per heavy atom. The summed E-state index contributed by atoms with van der Waals surface area (Å²) < 4.78 is 45.4. The summed E-state index contributed by atoms with van der Waals surface area (Å²) in [5, 5.41) is 2.33. The Kier molecular flexibility index (Phi) is 6.44. The Bertz CT molecular complexity index is 466. The number of alkyl halides is 3. The van der Waals surface area contributed by atoms with Gasteiger partial charge in [0.2, 0.25) is 5.91 Å². The molecular formula is C13H17F3N2O3. The van der Waals surface area contributed by atoms with Gasteiger partial charge in [0.1, 0.15) is 0 Å². The third-order valence-corrected chi connectivity index (χ3v) is 2.57. The fraction of sp³-hybridized carbons (Fsp3) is 0.462. The molecule has 5 nitrogen and oxygen atoms in total. The number of methoxy groups -OCH3 is 1. The summed E-state index contributed by atoms with van der Waals surface area (Å²) in [6.07, 6.45) is -3.89. The van der Waals surface area contributed by atoms with E-state index in [1.54, 1.807) is 0 Å². The van der Waals surface area contributed by atoms with Gasteiger partial charge in [-0.05, 0) is 25.0 Å². The van der Waals surface area contributed by atoms with Gasteiger partial charge in [0.05, 0.1) is 11.7 Å². The lowest BCUT2D eigenvalue weighted by Crippen LogP contribution is -2.36. The number of nitrogens with two attached hydrogens (primary N) is 1. The van der Waals surface area contributed by atoms with Crippen molar-refractivity contribution in [1.29, 1.82) is 0 Å². The van der Waals surface area contributed by atoms with Crippen LogP contribution >= 0.6 is 0 Å².